The molecule has 0 saturated heterocycles. The van der Waals surface area contributed by atoms with Gasteiger partial charge in [0.1, 0.15) is 11.5 Å². The van der Waals surface area contributed by atoms with E-state index in [-0.39, 0.29) is 17.2 Å². The topological polar surface area (TPSA) is 58.6 Å². The molecule has 4 nitrogen and oxygen atoms in total. The Morgan fingerprint density at radius 1 is 1.20 bits per heavy atom. The van der Waals surface area contributed by atoms with E-state index in [2.05, 4.69) is 27.9 Å². The number of amides is 1. The summed E-state index contributed by atoms with van der Waals surface area (Å²) in [5.41, 5.74) is 0.904. The molecule has 0 unspecified atom stereocenters. The van der Waals surface area contributed by atoms with E-state index in [9.17, 15) is 9.90 Å². The van der Waals surface area contributed by atoms with Crippen molar-refractivity contribution in [3.05, 3.63) is 49.1 Å². The van der Waals surface area contributed by atoms with Crippen LogP contribution < -0.4 is 10.1 Å². The first-order valence-corrected chi connectivity index (χ1v) is 7.80. The molecule has 2 aromatic rings. The van der Waals surface area contributed by atoms with Gasteiger partial charge in [-0.05, 0) is 81.6 Å². The van der Waals surface area contributed by atoms with E-state index in [1.165, 1.54) is 0 Å². The smallest absolute Gasteiger partial charge is 0.259 e. The maximum atomic E-state index is 12.2. The van der Waals surface area contributed by atoms with Gasteiger partial charge in [-0.3, -0.25) is 4.79 Å². The molecular formula is C14H11I2NO3. The Balaban J connectivity index is 2.23. The summed E-state index contributed by atoms with van der Waals surface area (Å²) in [5.74, 6) is 0.371. The zero-order valence-electron chi connectivity index (χ0n) is 10.5. The molecule has 2 N–H and O–H groups in total. The van der Waals surface area contributed by atoms with E-state index in [1.807, 2.05) is 22.6 Å². The van der Waals surface area contributed by atoms with Crippen LogP contribution in [0.5, 0.6) is 11.5 Å². The highest BCUT2D eigenvalue weighted by molar-refractivity contribution is 14.1. The summed E-state index contributed by atoms with van der Waals surface area (Å²) in [7, 11) is 1.58. The van der Waals surface area contributed by atoms with E-state index in [0.29, 0.717) is 9.26 Å². The van der Waals surface area contributed by atoms with Gasteiger partial charge in [0.05, 0.1) is 16.2 Å². The van der Waals surface area contributed by atoms with Crippen LogP contribution in [-0.4, -0.2) is 18.1 Å². The standard InChI is InChI=1S/C14H11I2NO3/c1-20-10-4-2-9(3-5-10)17-14(19)11-6-8(15)7-12(16)13(11)18/h2-7,18H,1H3,(H,17,19). The molecule has 2 aromatic carbocycles. The monoisotopic (exact) mass is 495 g/mol. The number of anilines is 1. The van der Waals surface area contributed by atoms with Gasteiger partial charge in [-0.15, -0.1) is 0 Å². The first-order chi connectivity index (χ1) is 9.51. The van der Waals surface area contributed by atoms with Crippen molar-refractivity contribution >= 4 is 56.8 Å². The summed E-state index contributed by atoms with van der Waals surface area (Å²) in [5, 5.41) is 12.7. The van der Waals surface area contributed by atoms with E-state index in [4.69, 9.17) is 4.74 Å². The fourth-order valence-electron chi connectivity index (χ4n) is 1.61. The van der Waals surface area contributed by atoms with Gasteiger partial charge in [-0.25, -0.2) is 0 Å². The van der Waals surface area contributed by atoms with Gasteiger partial charge in [0.2, 0.25) is 0 Å². The second kappa shape index (κ2) is 6.61. The van der Waals surface area contributed by atoms with Crippen molar-refractivity contribution in [1.82, 2.24) is 0 Å². The largest absolute Gasteiger partial charge is 0.506 e. The molecule has 0 aliphatic rings. The third kappa shape index (κ3) is 3.54. The number of carbonyl (C=O) groups excluding carboxylic acids is 1. The van der Waals surface area contributed by atoms with Crippen LogP contribution in [-0.2, 0) is 0 Å². The number of methoxy groups -OCH3 is 1. The van der Waals surface area contributed by atoms with Crippen molar-refractivity contribution in [2.45, 2.75) is 0 Å². The molecule has 104 valence electrons. The zero-order chi connectivity index (χ0) is 14.7. The van der Waals surface area contributed by atoms with Crippen molar-refractivity contribution in [3.8, 4) is 11.5 Å². The van der Waals surface area contributed by atoms with Crippen LogP contribution in [0, 0.1) is 7.14 Å². The van der Waals surface area contributed by atoms with E-state index in [1.54, 1.807) is 43.5 Å². The SMILES string of the molecule is COc1ccc(NC(=O)c2cc(I)cc(I)c2O)cc1. The molecule has 0 atom stereocenters. The molecule has 1 amide bonds. The lowest BCUT2D eigenvalue weighted by molar-refractivity contribution is 0.102. The molecule has 20 heavy (non-hydrogen) atoms. The molecule has 0 bridgehead atoms. The number of hydrogen-bond donors (Lipinski definition) is 2. The fourth-order valence-corrected chi connectivity index (χ4v) is 3.46. The number of phenols is 1. The van der Waals surface area contributed by atoms with Crippen LogP contribution in [0.25, 0.3) is 0 Å². The van der Waals surface area contributed by atoms with Gasteiger partial charge in [-0.2, -0.15) is 0 Å². The Bertz CT molecular complexity index is 642. The Morgan fingerprint density at radius 3 is 2.45 bits per heavy atom. The molecule has 0 aliphatic heterocycles. The number of nitrogens with one attached hydrogen (secondary N) is 1. The maximum Gasteiger partial charge on any atom is 0.259 e. The van der Waals surface area contributed by atoms with Crippen molar-refractivity contribution in [2.24, 2.45) is 0 Å². The summed E-state index contributed by atoms with van der Waals surface area (Å²) in [6.45, 7) is 0. The van der Waals surface area contributed by atoms with Crippen molar-refractivity contribution in [2.75, 3.05) is 12.4 Å². The highest BCUT2D eigenvalue weighted by Gasteiger charge is 2.15. The van der Waals surface area contributed by atoms with E-state index >= 15 is 0 Å². The number of halogens is 2. The summed E-state index contributed by atoms with van der Waals surface area (Å²) in [6.07, 6.45) is 0. The van der Waals surface area contributed by atoms with E-state index < -0.39 is 0 Å². The lowest BCUT2D eigenvalue weighted by atomic mass is 10.2. The molecule has 0 fully saturated rings. The normalized spacial score (nSPS) is 10.2. The van der Waals surface area contributed by atoms with Crippen molar-refractivity contribution < 1.29 is 14.6 Å². The van der Waals surface area contributed by atoms with Crippen LogP contribution in [0.3, 0.4) is 0 Å². The number of phenolic OH excluding ortho intramolecular Hbond substituents is 1. The summed E-state index contributed by atoms with van der Waals surface area (Å²) >= 11 is 4.11. The van der Waals surface area contributed by atoms with Crippen LogP contribution >= 0.6 is 45.2 Å². The van der Waals surface area contributed by atoms with Crippen LogP contribution in [0.2, 0.25) is 0 Å². The zero-order valence-corrected chi connectivity index (χ0v) is 14.8. The average molecular weight is 495 g/mol. The summed E-state index contributed by atoms with van der Waals surface area (Å²) < 4.78 is 6.60. The fraction of sp³-hybridized carbons (Fsp3) is 0.0714. The molecule has 0 radical (unpaired) electrons. The second-order valence-electron chi connectivity index (χ2n) is 3.97. The minimum Gasteiger partial charge on any atom is -0.506 e. The van der Waals surface area contributed by atoms with Gasteiger partial charge in [0, 0.05) is 9.26 Å². The third-order valence-electron chi connectivity index (χ3n) is 2.62. The van der Waals surface area contributed by atoms with Gasteiger partial charge >= 0.3 is 0 Å². The van der Waals surface area contributed by atoms with Crippen molar-refractivity contribution in [1.29, 1.82) is 0 Å². The minimum atomic E-state index is -0.343. The predicted octanol–water partition coefficient (Wildman–Crippen LogP) is 3.86. The summed E-state index contributed by atoms with van der Waals surface area (Å²) in [6, 6.07) is 10.5. The summed E-state index contributed by atoms with van der Waals surface area (Å²) in [4.78, 5) is 12.2. The Kier molecular flexibility index (Phi) is 5.08. The second-order valence-corrected chi connectivity index (χ2v) is 6.37. The number of benzene rings is 2. The number of rotatable bonds is 3. The van der Waals surface area contributed by atoms with Crippen LogP contribution in [0.4, 0.5) is 5.69 Å². The predicted molar refractivity (Wildman–Crippen MR) is 94.5 cm³/mol. The number of ether oxygens (including phenoxy) is 1. The first-order valence-electron chi connectivity index (χ1n) is 5.64. The molecule has 0 spiro atoms. The molecule has 2 rings (SSSR count). The molecule has 0 aliphatic carbocycles. The number of hydrogen-bond acceptors (Lipinski definition) is 3. The Labute approximate surface area is 143 Å². The van der Waals surface area contributed by atoms with Gasteiger partial charge in [0.15, 0.2) is 0 Å². The lowest BCUT2D eigenvalue weighted by Crippen LogP contribution is -2.12. The Morgan fingerprint density at radius 2 is 1.85 bits per heavy atom. The lowest BCUT2D eigenvalue weighted by Gasteiger charge is -2.09. The van der Waals surface area contributed by atoms with Crippen LogP contribution in [0.15, 0.2) is 36.4 Å². The molecule has 0 heterocycles. The van der Waals surface area contributed by atoms with Crippen LogP contribution in [0.1, 0.15) is 10.4 Å². The minimum absolute atomic E-state index is 0.00275. The molecule has 0 saturated carbocycles. The van der Waals surface area contributed by atoms with E-state index in [0.717, 1.165) is 9.32 Å². The van der Waals surface area contributed by atoms with Crippen molar-refractivity contribution in [3.63, 3.8) is 0 Å². The quantitative estimate of drug-likeness (QED) is 0.637. The van der Waals surface area contributed by atoms with Gasteiger partial charge < -0.3 is 15.2 Å². The first kappa shape index (κ1) is 15.4. The molecular weight excluding hydrogens is 484 g/mol. The highest BCUT2D eigenvalue weighted by Crippen LogP contribution is 2.27. The van der Waals surface area contributed by atoms with Gasteiger partial charge in [0.25, 0.3) is 5.91 Å². The van der Waals surface area contributed by atoms with Gasteiger partial charge in [-0.1, -0.05) is 0 Å². The third-order valence-corrected chi connectivity index (χ3v) is 4.07. The highest BCUT2D eigenvalue weighted by atomic mass is 127. The average Bonchev–Trinajstić information content (AvgIpc) is 2.43. The number of carbonyl (C=O) groups is 1. The number of aromatic hydroxyl groups is 1. The molecule has 0 aromatic heterocycles. The molecule has 6 heteroatoms. The Hall–Kier alpha value is -1.03. The maximum absolute atomic E-state index is 12.2.